The fraction of sp³-hybridized carbons (Fsp3) is 0.263. The van der Waals surface area contributed by atoms with Crippen molar-refractivity contribution in [3.63, 3.8) is 0 Å². The molecule has 1 aliphatic carbocycles. The highest BCUT2D eigenvalue weighted by Gasteiger charge is 2.35. The Labute approximate surface area is 152 Å². The largest absolute Gasteiger partial charge is 0.418 e. The first-order valence-electron chi connectivity index (χ1n) is 8.29. The summed E-state index contributed by atoms with van der Waals surface area (Å²) in [6.07, 6.45) is -3.44. The Kier molecular flexibility index (Phi) is 5.16. The maximum atomic E-state index is 13.4. The van der Waals surface area contributed by atoms with Gasteiger partial charge in [-0.25, -0.2) is 4.39 Å². The van der Waals surface area contributed by atoms with Gasteiger partial charge in [-0.15, -0.1) is 0 Å². The number of carbonyl (C=O) groups excluding carboxylic acids is 2. The molecule has 1 fully saturated rings. The number of halogens is 4. The molecule has 2 N–H and O–H groups in total. The first-order valence-corrected chi connectivity index (χ1v) is 8.29. The molecule has 0 bridgehead atoms. The average Bonchev–Trinajstić information content (AvgIpc) is 3.42. The Morgan fingerprint density at radius 3 is 2.26 bits per heavy atom. The highest BCUT2D eigenvalue weighted by atomic mass is 19.4. The van der Waals surface area contributed by atoms with Crippen LogP contribution in [0.15, 0.2) is 42.5 Å². The summed E-state index contributed by atoms with van der Waals surface area (Å²) in [6.45, 7) is 0. The molecule has 3 rings (SSSR count). The normalized spacial score (nSPS) is 13.9. The standard InChI is InChI=1S/C19H16F4N2O2/c20-13-5-1-11(2-6-13)9-17(26)25-16-8-7-14(10-15(16)19(21,22)23)24-18(27)12-3-4-12/h1-2,5-8,10,12H,3-4,9H2,(H,24,27)(H,25,26). The lowest BCUT2D eigenvalue weighted by atomic mass is 10.1. The lowest BCUT2D eigenvalue weighted by molar-refractivity contribution is -0.137. The lowest BCUT2D eigenvalue weighted by Gasteiger charge is -2.16. The highest BCUT2D eigenvalue weighted by molar-refractivity contribution is 5.96. The van der Waals surface area contributed by atoms with E-state index < -0.39 is 29.2 Å². The number of benzene rings is 2. The zero-order chi connectivity index (χ0) is 19.6. The minimum Gasteiger partial charge on any atom is -0.326 e. The van der Waals surface area contributed by atoms with Gasteiger partial charge in [-0.05, 0) is 48.7 Å². The van der Waals surface area contributed by atoms with Gasteiger partial charge < -0.3 is 10.6 Å². The van der Waals surface area contributed by atoms with E-state index in [9.17, 15) is 27.2 Å². The van der Waals surface area contributed by atoms with Gasteiger partial charge in [0.05, 0.1) is 17.7 Å². The second kappa shape index (κ2) is 7.38. The van der Waals surface area contributed by atoms with Crippen molar-refractivity contribution in [3.8, 4) is 0 Å². The van der Waals surface area contributed by atoms with Gasteiger partial charge in [-0.2, -0.15) is 13.2 Å². The molecule has 0 radical (unpaired) electrons. The number of hydrogen-bond acceptors (Lipinski definition) is 2. The quantitative estimate of drug-likeness (QED) is 0.757. The van der Waals surface area contributed by atoms with E-state index in [-0.39, 0.29) is 23.9 Å². The Morgan fingerprint density at radius 1 is 1.00 bits per heavy atom. The summed E-state index contributed by atoms with van der Waals surface area (Å²) in [5, 5.41) is 4.69. The molecule has 0 aromatic heterocycles. The van der Waals surface area contributed by atoms with Gasteiger partial charge in [0, 0.05) is 11.6 Å². The molecule has 0 spiro atoms. The molecule has 4 nitrogen and oxygen atoms in total. The molecule has 1 saturated carbocycles. The molecule has 0 atom stereocenters. The number of alkyl halides is 3. The van der Waals surface area contributed by atoms with Crippen LogP contribution in [0.3, 0.4) is 0 Å². The van der Waals surface area contributed by atoms with Crippen LogP contribution >= 0.6 is 0 Å². The van der Waals surface area contributed by atoms with Crippen molar-refractivity contribution in [1.82, 2.24) is 0 Å². The van der Waals surface area contributed by atoms with E-state index in [0.29, 0.717) is 5.56 Å². The van der Waals surface area contributed by atoms with Gasteiger partial charge in [0.25, 0.3) is 0 Å². The molecule has 142 valence electrons. The second-order valence-electron chi connectivity index (χ2n) is 6.37. The van der Waals surface area contributed by atoms with Crippen LogP contribution in [0.2, 0.25) is 0 Å². The Balaban J connectivity index is 1.75. The number of carbonyl (C=O) groups is 2. The van der Waals surface area contributed by atoms with Gasteiger partial charge in [0.1, 0.15) is 5.82 Å². The van der Waals surface area contributed by atoms with Gasteiger partial charge in [-0.3, -0.25) is 9.59 Å². The zero-order valence-corrected chi connectivity index (χ0v) is 14.1. The van der Waals surface area contributed by atoms with Crippen molar-refractivity contribution in [1.29, 1.82) is 0 Å². The van der Waals surface area contributed by atoms with E-state index in [1.54, 1.807) is 0 Å². The molecule has 2 amide bonds. The average molecular weight is 380 g/mol. The maximum Gasteiger partial charge on any atom is 0.418 e. The van der Waals surface area contributed by atoms with Gasteiger partial charge in [0.2, 0.25) is 11.8 Å². The van der Waals surface area contributed by atoms with E-state index >= 15 is 0 Å². The predicted octanol–water partition coefficient (Wildman–Crippen LogP) is 4.37. The first kappa shape index (κ1) is 18.9. The molecule has 2 aromatic rings. The summed E-state index contributed by atoms with van der Waals surface area (Å²) in [6, 6.07) is 8.32. The summed E-state index contributed by atoms with van der Waals surface area (Å²) < 4.78 is 52.9. The fourth-order valence-electron chi connectivity index (χ4n) is 2.54. The molecular formula is C19H16F4N2O2. The van der Waals surface area contributed by atoms with E-state index in [1.807, 2.05) is 0 Å². The van der Waals surface area contributed by atoms with E-state index in [0.717, 1.165) is 25.0 Å². The predicted molar refractivity (Wildman–Crippen MR) is 91.5 cm³/mol. The monoisotopic (exact) mass is 380 g/mol. The summed E-state index contributed by atoms with van der Waals surface area (Å²) in [5.74, 6) is -1.59. The van der Waals surface area contributed by atoms with Crippen LogP contribution in [0.1, 0.15) is 24.0 Å². The molecule has 1 aliphatic rings. The van der Waals surface area contributed by atoms with Crippen molar-refractivity contribution in [3.05, 3.63) is 59.4 Å². The third-order valence-electron chi connectivity index (χ3n) is 4.09. The van der Waals surface area contributed by atoms with E-state index in [1.165, 1.54) is 30.3 Å². The molecule has 2 aromatic carbocycles. The van der Waals surface area contributed by atoms with Crippen LogP contribution in [0.5, 0.6) is 0 Å². The third kappa shape index (κ3) is 5.06. The van der Waals surface area contributed by atoms with Crippen molar-refractivity contribution in [2.75, 3.05) is 10.6 Å². The van der Waals surface area contributed by atoms with Crippen molar-refractivity contribution < 1.29 is 27.2 Å². The molecule has 0 unspecified atom stereocenters. The van der Waals surface area contributed by atoms with E-state index in [4.69, 9.17) is 0 Å². The number of rotatable bonds is 5. The van der Waals surface area contributed by atoms with Crippen LogP contribution in [0.4, 0.5) is 28.9 Å². The second-order valence-corrected chi connectivity index (χ2v) is 6.37. The maximum absolute atomic E-state index is 13.4. The van der Waals surface area contributed by atoms with Crippen molar-refractivity contribution >= 4 is 23.2 Å². The van der Waals surface area contributed by atoms with E-state index in [2.05, 4.69) is 10.6 Å². The minimum atomic E-state index is -4.71. The van der Waals surface area contributed by atoms with Crippen molar-refractivity contribution in [2.24, 2.45) is 5.92 Å². The summed E-state index contributed by atoms with van der Waals surface area (Å²) in [4.78, 5) is 23.8. The lowest BCUT2D eigenvalue weighted by Crippen LogP contribution is -2.19. The molecule has 0 saturated heterocycles. The Morgan fingerprint density at radius 2 is 1.67 bits per heavy atom. The number of nitrogens with one attached hydrogen (secondary N) is 2. The number of hydrogen-bond donors (Lipinski definition) is 2. The zero-order valence-electron chi connectivity index (χ0n) is 14.1. The topological polar surface area (TPSA) is 58.2 Å². The van der Waals surface area contributed by atoms with Gasteiger partial charge >= 0.3 is 6.18 Å². The first-order chi connectivity index (χ1) is 12.7. The van der Waals surface area contributed by atoms with Crippen LogP contribution in [-0.2, 0) is 22.2 Å². The van der Waals surface area contributed by atoms with Crippen LogP contribution in [-0.4, -0.2) is 11.8 Å². The SMILES string of the molecule is O=C(Cc1ccc(F)cc1)Nc1ccc(NC(=O)C2CC2)cc1C(F)(F)F. The number of amides is 2. The van der Waals surface area contributed by atoms with Gasteiger partial charge in [0.15, 0.2) is 0 Å². The molecule has 8 heteroatoms. The molecule has 27 heavy (non-hydrogen) atoms. The van der Waals surface area contributed by atoms with Gasteiger partial charge in [-0.1, -0.05) is 12.1 Å². The summed E-state index contributed by atoms with van der Waals surface area (Å²) in [7, 11) is 0. The molecule has 0 heterocycles. The highest BCUT2D eigenvalue weighted by Crippen LogP contribution is 2.37. The molecule has 0 aliphatic heterocycles. The minimum absolute atomic E-state index is 0.0239. The molecular weight excluding hydrogens is 364 g/mol. The van der Waals surface area contributed by atoms with Crippen molar-refractivity contribution in [2.45, 2.75) is 25.4 Å². The Hall–Kier alpha value is -2.90. The smallest absolute Gasteiger partial charge is 0.326 e. The van der Waals surface area contributed by atoms with Crippen LogP contribution < -0.4 is 10.6 Å². The summed E-state index contributed by atoms with van der Waals surface area (Å²) >= 11 is 0. The Bertz CT molecular complexity index is 859. The number of anilines is 2. The third-order valence-corrected chi connectivity index (χ3v) is 4.09. The summed E-state index contributed by atoms with van der Waals surface area (Å²) in [5.41, 5.74) is -0.964. The fourth-order valence-corrected chi connectivity index (χ4v) is 2.54. The van der Waals surface area contributed by atoms with Crippen LogP contribution in [0, 0.1) is 11.7 Å². The van der Waals surface area contributed by atoms with Crippen LogP contribution in [0.25, 0.3) is 0 Å².